The van der Waals surface area contributed by atoms with Crippen LogP contribution in [0.4, 0.5) is 5.69 Å². The molecule has 0 saturated carbocycles. The van der Waals surface area contributed by atoms with Crippen LogP contribution < -0.4 is 10.6 Å². The normalized spacial score (nSPS) is 18.8. The van der Waals surface area contributed by atoms with Crippen molar-refractivity contribution >= 4 is 17.5 Å². The third-order valence-corrected chi connectivity index (χ3v) is 3.15. The highest BCUT2D eigenvalue weighted by atomic mass is 16.2. The molecule has 1 saturated heterocycles. The van der Waals surface area contributed by atoms with Crippen molar-refractivity contribution in [1.82, 2.24) is 5.32 Å². The van der Waals surface area contributed by atoms with Crippen molar-refractivity contribution in [2.75, 3.05) is 5.32 Å². The van der Waals surface area contributed by atoms with Crippen molar-refractivity contribution < 1.29 is 9.59 Å². The quantitative estimate of drug-likeness (QED) is 0.857. The fraction of sp³-hybridized carbons (Fsp3) is 0.429. The summed E-state index contributed by atoms with van der Waals surface area (Å²) in [6.07, 6.45) is 1.01. The summed E-state index contributed by atoms with van der Waals surface area (Å²) < 4.78 is 0. The third-order valence-electron chi connectivity index (χ3n) is 3.15. The van der Waals surface area contributed by atoms with Gasteiger partial charge in [-0.3, -0.25) is 9.59 Å². The van der Waals surface area contributed by atoms with E-state index in [1.54, 1.807) is 0 Å². The Morgan fingerprint density at radius 2 is 2.11 bits per heavy atom. The molecule has 1 atom stereocenters. The summed E-state index contributed by atoms with van der Waals surface area (Å²) >= 11 is 0. The van der Waals surface area contributed by atoms with Crippen molar-refractivity contribution in [3.63, 3.8) is 0 Å². The summed E-state index contributed by atoms with van der Waals surface area (Å²) in [5.41, 5.74) is 1.94. The van der Waals surface area contributed by atoms with Gasteiger partial charge in [0.1, 0.15) is 6.04 Å². The summed E-state index contributed by atoms with van der Waals surface area (Å²) in [5.74, 6) is 0.168. The van der Waals surface area contributed by atoms with Gasteiger partial charge in [-0.25, -0.2) is 0 Å². The first kappa shape index (κ1) is 12.6. The molecule has 0 aliphatic carbocycles. The Kier molecular flexibility index (Phi) is 3.65. The Bertz CT molecular complexity index is 469. The Morgan fingerprint density at radius 1 is 1.39 bits per heavy atom. The van der Waals surface area contributed by atoms with Gasteiger partial charge >= 0.3 is 0 Å². The molecular weight excluding hydrogens is 228 g/mol. The van der Waals surface area contributed by atoms with Gasteiger partial charge in [-0.05, 0) is 24.0 Å². The molecule has 0 spiro atoms. The SMILES string of the molecule is CC(C)c1ccccc1NC(=O)C1CCC(=O)N1. The van der Waals surface area contributed by atoms with Crippen molar-refractivity contribution in [1.29, 1.82) is 0 Å². The van der Waals surface area contributed by atoms with Crippen LogP contribution in [0.15, 0.2) is 24.3 Å². The lowest BCUT2D eigenvalue weighted by atomic mass is 10.0. The molecule has 2 N–H and O–H groups in total. The van der Waals surface area contributed by atoms with Gasteiger partial charge in [0.15, 0.2) is 0 Å². The maximum atomic E-state index is 12.0. The Hall–Kier alpha value is -1.84. The van der Waals surface area contributed by atoms with Crippen molar-refractivity contribution in [3.05, 3.63) is 29.8 Å². The largest absolute Gasteiger partial charge is 0.344 e. The van der Waals surface area contributed by atoms with Crippen LogP contribution in [0.2, 0.25) is 0 Å². The van der Waals surface area contributed by atoms with Crippen LogP contribution in [0, 0.1) is 0 Å². The van der Waals surface area contributed by atoms with Gasteiger partial charge in [-0.2, -0.15) is 0 Å². The predicted molar refractivity (Wildman–Crippen MR) is 70.3 cm³/mol. The molecule has 0 radical (unpaired) electrons. The number of carbonyl (C=O) groups is 2. The van der Waals surface area contributed by atoms with E-state index >= 15 is 0 Å². The molecule has 2 amide bonds. The van der Waals surface area contributed by atoms with Gasteiger partial charge in [0.2, 0.25) is 11.8 Å². The number of benzene rings is 1. The van der Waals surface area contributed by atoms with E-state index in [0.29, 0.717) is 18.8 Å². The third kappa shape index (κ3) is 2.70. The first-order valence-electron chi connectivity index (χ1n) is 6.27. The Balaban J connectivity index is 2.09. The number of anilines is 1. The number of carbonyl (C=O) groups excluding carboxylic acids is 2. The van der Waals surface area contributed by atoms with Gasteiger partial charge in [-0.15, -0.1) is 0 Å². The van der Waals surface area contributed by atoms with E-state index in [0.717, 1.165) is 11.3 Å². The molecule has 1 fully saturated rings. The zero-order chi connectivity index (χ0) is 13.1. The highest BCUT2D eigenvalue weighted by Gasteiger charge is 2.27. The standard InChI is InChI=1S/C14H18N2O2/c1-9(2)10-5-3-4-6-11(10)16-14(18)12-7-8-13(17)15-12/h3-6,9,12H,7-8H2,1-2H3,(H,15,17)(H,16,18). The van der Waals surface area contributed by atoms with Gasteiger partial charge in [0.05, 0.1) is 0 Å². The number of hydrogen-bond acceptors (Lipinski definition) is 2. The fourth-order valence-electron chi connectivity index (χ4n) is 2.14. The molecule has 1 aromatic rings. The zero-order valence-electron chi connectivity index (χ0n) is 10.7. The number of para-hydroxylation sites is 1. The minimum atomic E-state index is -0.391. The van der Waals surface area contributed by atoms with E-state index in [9.17, 15) is 9.59 Å². The number of amides is 2. The summed E-state index contributed by atoms with van der Waals surface area (Å²) in [4.78, 5) is 23.1. The second-order valence-corrected chi connectivity index (χ2v) is 4.89. The van der Waals surface area contributed by atoms with Gasteiger partial charge in [0.25, 0.3) is 0 Å². The second kappa shape index (κ2) is 5.21. The highest BCUT2D eigenvalue weighted by Crippen LogP contribution is 2.24. The Morgan fingerprint density at radius 3 is 2.72 bits per heavy atom. The smallest absolute Gasteiger partial charge is 0.246 e. The summed E-state index contributed by atoms with van der Waals surface area (Å²) in [5, 5.41) is 5.57. The molecule has 1 heterocycles. The minimum Gasteiger partial charge on any atom is -0.344 e. The lowest BCUT2D eigenvalue weighted by molar-refractivity contribution is -0.122. The van der Waals surface area contributed by atoms with Crippen LogP contribution in [0.5, 0.6) is 0 Å². The molecule has 18 heavy (non-hydrogen) atoms. The molecule has 1 aliphatic heterocycles. The molecule has 1 unspecified atom stereocenters. The minimum absolute atomic E-state index is 0.0488. The average molecular weight is 246 g/mol. The van der Waals surface area contributed by atoms with Crippen LogP contribution in [0.3, 0.4) is 0 Å². The lowest BCUT2D eigenvalue weighted by Gasteiger charge is -2.16. The first-order valence-corrected chi connectivity index (χ1v) is 6.27. The summed E-state index contributed by atoms with van der Waals surface area (Å²) in [6.45, 7) is 4.17. The maximum absolute atomic E-state index is 12.0. The Labute approximate surface area is 107 Å². The molecule has 1 aliphatic rings. The molecular formula is C14H18N2O2. The highest BCUT2D eigenvalue weighted by molar-refractivity contribution is 5.99. The van der Waals surface area contributed by atoms with Crippen molar-refractivity contribution in [2.45, 2.75) is 38.6 Å². The van der Waals surface area contributed by atoms with Crippen molar-refractivity contribution in [3.8, 4) is 0 Å². The average Bonchev–Trinajstić information content (AvgIpc) is 2.76. The first-order chi connectivity index (χ1) is 8.58. The molecule has 0 bridgehead atoms. The van der Waals surface area contributed by atoms with E-state index in [-0.39, 0.29) is 11.8 Å². The number of hydrogen-bond donors (Lipinski definition) is 2. The molecule has 96 valence electrons. The van der Waals surface area contributed by atoms with Crippen LogP contribution in [0.25, 0.3) is 0 Å². The van der Waals surface area contributed by atoms with Crippen LogP contribution in [-0.2, 0) is 9.59 Å². The molecule has 2 rings (SSSR count). The van der Waals surface area contributed by atoms with Gasteiger partial charge in [-0.1, -0.05) is 32.0 Å². The van der Waals surface area contributed by atoms with E-state index in [2.05, 4.69) is 24.5 Å². The van der Waals surface area contributed by atoms with Gasteiger partial charge < -0.3 is 10.6 Å². The van der Waals surface area contributed by atoms with E-state index < -0.39 is 6.04 Å². The number of rotatable bonds is 3. The maximum Gasteiger partial charge on any atom is 0.246 e. The van der Waals surface area contributed by atoms with Crippen LogP contribution >= 0.6 is 0 Å². The van der Waals surface area contributed by atoms with Gasteiger partial charge in [0, 0.05) is 12.1 Å². The molecule has 1 aromatic carbocycles. The second-order valence-electron chi connectivity index (χ2n) is 4.89. The van der Waals surface area contributed by atoms with E-state index in [1.807, 2.05) is 24.3 Å². The van der Waals surface area contributed by atoms with Crippen LogP contribution in [0.1, 0.15) is 38.2 Å². The zero-order valence-corrected chi connectivity index (χ0v) is 10.7. The van der Waals surface area contributed by atoms with E-state index in [1.165, 1.54) is 0 Å². The topological polar surface area (TPSA) is 58.2 Å². The van der Waals surface area contributed by atoms with Crippen LogP contribution in [-0.4, -0.2) is 17.9 Å². The molecule has 4 nitrogen and oxygen atoms in total. The summed E-state index contributed by atoms with van der Waals surface area (Å²) in [6, 6.07) is 7.37. The molecule has 4 heteroatoms. The lowest BCUT2D eigenvalue weighted by Crippen LogP contribution is -2.37. The summed E-state index contributed by atoms with van der Waals surface area (Å²) in [7, 11) is 0. The van der Waals surface area contributed by atoms with E-state index in [4.69, 9.17) is 0 Å². The van der Waals surface area contributed by atoms with Crippen molar-refractivity contribution in [2.24, 2.45) is 0 Å². The fourth-order valence-corrected chi connectivity index (χ4v) is 2.14. The number of nitrogens with one attached hydrogen (secondary N) is 2. The monoisotopic (exact) mass is 246 g/mol. The molecule has 0 aromatic heterocycles. The predicted octanol–water partition coefficient (Wildman–Crippen LogP) is 2.03.